The molecule has 12 heteroatoms. The molecule has 1 aliphatic heterocycles. The van der Waals surface area contributed by atoms with Gasteiger partial charge in [0.2, 0.25) is 5.91 Å². The Bertz CT molecular complexity index is 1270. The number of carbonyl (C=O) groups is 1. The predicted octanol–water partition coefficient (Wildman–Crippen LogP) is 5.57. The van der Waals surface area contributed by atoms with E-state index in [-0.39, 0.29) is 11.4 Å². The molecule has 2 aromatic carbocycles. The molecule has 1 amide bonds. The molecule has 0 radical (unpaired) electrons. The highest BCUT2D eigenvalue weighted by atomic mass is 35.5. The van der Waals surface area contributed by atoms with E-state index in [1.807, 2.05) is 13.2 Å². The van der Waals surface area contributed by atoms with Crippen molar-refractivity contribution in [3.05, 3.63) is 58.6 Å². The van der Waals surface area contributed by atoms with E-state index in [0.29, 0.717) is 23.5 Å². The quantitative estimate of drug-likeness (QED) is 0.405. The number of halogens is 4. The van der Waals surface area contributed by atoms with E-state index in [4.69, 9.17) is 11.6 Å². The van der Waals surface area contributed by atoms with Gasteiger partial charge in [-0.15, -0.1) is 0 Å². The van der Waals surface area contributed by atoms with Crippen molar-refractivity contribution in [1.29, 1.82) is 0 Å². The van der Waals surface area contributed by atoms with Gasteiger partial charge in [0.05, 0.1) is 21.2 Å². The van der Waals surface area contributed by atoms with Gasteiger partial charge in [-0.05, 0) is 60.7 Å². The second-order valence-electron chi connectivity index (χ2n) is 8.97. The summed E-state index contributed by atoms with van der Waals surface area (Å²) in [6.07, 6.45) is 0.104. The number of hydrogen-bond acceptors (Lipinski definition) is 6. The summed E-state index contributed by atoms with van der Waals surface area (Å²) in [6.45, 7) is 2.26. The molecule has 1 atom stereocenters. The van der Waals surface area contributed by atoms with Crippen molar-refractivity contribution in [2.75, 3.05) is 36.7 Å². The Balaban J connectivity index is 1.83. The molecular formula is C24H27ClF3N3O3S2. The van der Waals surface area contributed by atoms with Crippen LogP contribution in [0.15, 0.2) is 52.5 Å². The zero-order valence-corrected chi connectivity index (χ0v) is 22.4. The van der Waals surface area contributed by atoms with E-state index in [1.54, 1.807) is 22.8 Å². The predicted molar refractivity (Wildman–Crippen MR) is 138 cm³/mol. The number of thioether (sulfide) groups is 1. The summed E-state index contributed by atoms with van der Waals surface area (Å²) >= 11 is 7.67. The van der Waals surface area contributed by atoms with Crippen molar-refractivity contribution in [3.63, 3.8) is 0 Å². The molecule has 1 aliphatic rings. The first-order valence-electron chi connectivity index (χ1n) is 11.0. The van der Waals surface area contributed by atoms with E-state index in [2.05, 4.69) is 10.4 Å². The molecule has 0 saturated heterocycles. The van der Waals surface area contributed by atoms with Gasteiger partial charge in [-0.3, -0.25) is 9.80 Å². The van der Waals surface area contributed by atoms with Gasteiger partial charge < -0.3 is 5.32 Å². The third kappa shape index (κ3) is 6.95. The maximum atomic E-state index is 13.2. The Labute approximate surface area is 218 Å². The number of carbonyl (C=O) groups excluding carboxylic acids is 1. The largest absolute Gasteiger partial charge is 0.417 e. The monoisotopic (exact) mass is 561 g/mol. The lowest BCUT2D eigenvalue weighted by Crippen LogP contribution is -2.35. The van der Waals surface area contributed by atoms with Gasteiger partial charge in [0.15, 0.2) is 9.84 Å². The van der Waals surface area contributed by atoms with Gasteiger partial charge in [0.1, 0.15) is 6.54 Å². The van der Waals surface area contributed by atoms with E-state index in [0.717, 1.165) is 30.9 Å². The first-order chi connectivity index (χ1) is 16.7. The molecule has 1 heterocycles. The Kier molecular flexibility index (Phi) is 8.67. The Morgan fingerprint density at radius 1 is 1.25 bits per heavy atom. The van der Waals surface area contributed by atoms with Crippen LogP contribution in [-0.2, 0) is 20.8 Å². The molecular weight excluding hydrogens is 535 g/mol. The average Bonchev–Trinajstić information content (AvgIpc) is 3.08. The van der Waals surface area contributed by atoms with Crippen molar-refractivity contribution in [2.45, 2.75) is 30.8 Å². The number of nitrogens with one attached hydrogen (secondary N) is 1. The van der Waals surface area contributed by atoms with Gasteiger partial charge in [0.25, 0.3) is 0 Å². The molecule has 1 N–H and O–H groups in total. The maximum Gasteiger partial charge on any atom is 0.417 e. The highest BCUT2D eigenvalue weighted by Gasteiger charge is 2.40. The van der Waals surface area contributed by atoms with Crippen molar-refractivity contribution in [2.24, 2.45) is 10.5 Å². The normalized spacial score (nSPS) is 18.3. The van der Waals surface area contributed by atoms with Gasteiger partial charge in [0, 0.05) is 23.9 Å². The molecule has 0 saturated carbocycles. The number of sulfone groups is 1. The van der Waals surface area contributed by atoms with Crippen molar-refractivity contribution in [1.82, 2.24) is 5.01 Å². The summed E-state index contributed by atoms with van der Waals surface area (Å²) in [4.78, 5) is 12.8. The van der Waals surface area contributed by atoms with E-state index < -0.39 is 37.9 Å². The topological polar surface area (TPSA) is 78.8 Å². The maximum absolute atomic E-state index is 13.2. The Hall–Kier alpha value is -2.24. The van der Waals surface area contributed by atoms with E-state index in [1.165, 1.54) is 30.3 Å². The first kappa shape index (κ1) is 28.3. The molecule has 36 heavy (non-hydrogen) atoms. The van der Waals surface area contributed by atoms with Crippen LogP contribution in [-0.4, -0.2) is 56.4 Å². The average molecular weight is 562 g/mol. The third-order valence-electron chi connectivity index (χ3n) is 5.84. The number of hydrazone groups is 1. The Morgan fingerprint density at radius 3 is 2.58 bits per heavy atom. The minimum Gasteiger partial charge on any atom is -0.324 e. The van der Waals surface area contributed by atoms with Gasteiger partial charge >= 0.3 is 6.18 Å². The van der Waals surface area contributed by atoms with Crippen LogP contribution in [0.4, 0.5) is 18.9 Å². The molecule has 0 aliphatic carbocycles. The zero-order chi connectivity index (χ0) is 26.7. The number of rotatable bonds is 9. The van der Waals surface area contributed by atoms with Crippen molar-refractivity contribution < 1.29 is 26.4 Å². The molecule has 0 bridgehead atoms. The summed E-state index contributed by atoms with van der Waals surface area (Å²) in [5.74, 6) is 0.510. The number of anilines is 1. The lowest BCUT2D eigenvalue weighted by molar-refractivity contribution is -0.137. The van der Waals surface area contributed by atoms with Gasteiger partial charge in [-0.25, -0.2) is 8.42 Å². The van der Waals surface area contributed by atoms with Crippen LogP contribution in [0.25, 0.3) is 0 Å². The molecule has 0 fully saturated rings. The highest BCUT2D eigenvalue weighted by molar-refractivity contribution is 7.98. The number of nitrogens with zero attached hydrogens (tertiary/aromatic N) is 2. The molecule has 0 spiro atoms. The fraction of sp³-hybridized carbons (Fsp3) is 0.417. The second-order valence-corrected chi connectivity index (χ2v) is 12.4. The van der Waals surface area contributed by atoms with Gasteiger partial charge in [-0.1, -0.05) is 30.7 Å². The van der Waals surface area contributed by atoms with Crippen molar-refractivity contribution >= 4 is 50.5 Å². The van der Waals surface area contributed by atoms with Crippen LogP contribution < -0.4 is 5.32 Å². The summed E-state index contributed by atoms with van der Waals surface area (Å²) < 4.78 is 63.1. The van der Waals surface area contributed by atoms with Crippen LogP contribution in [0.2, 0.25) is 5.02 Å². The van der Waals surface area contributed by atoms with Crippen LogP contribution in [0, 0.1) is 5.41 Å². The second kappa shape index (κ2) is 11.0. The molecule has 196 valence electrons. The number of amides is 1. The SMILES string of the molecule is CSCCCC1(C)CN(CC(=O)Nc2cccc(S(C)(=O)=O)c2)N=C1c1ccc(C(F)(F)F)c(Cl)c1. The van der Waals surface area contributed by atoms with Crippen LogP contribution in [0.1, 0.15) is 30.9 Å². The fourth-order valence-electron chi connectivity index (χ4n) is 4.14. The number of hydrogen-bond donors (Lipinski definition) is 1. The third-order valence-corrected chi connectivity index (χ3v) is 7.96. The lowest BCUT2D eigenvalue weighted by Gasteiger charge is -2.27. The molecule has 2 aromatic rings. The molecule has 3 rings (SSSR count). The molecule has 0 aromatic heterocycles. The standard InChI is InChI=1S/C24H27ClF3N3O3S2/c1-23(10-5-11-35-2)15-31(14-21(32)29-17-6-4-7-18(13-17)36(3,33)34)30-22(23)16-8-9-19(20(25)12-16)24(26,27)28/h4,6-9,12-13H,5,10-11,14-15H2,1-3H3,(H,29,32). The zero-order valence-electron chi connectivity index (χ0n) is 20.0. The van der Waals surface area contributed by atoms with Crippen LogP contribution in [0.5, 0.6) is 0 Å². The fourth-order valence-corrected chi connectivity index (χ4v) is 5.53. The first-order valence-corrected chi connectivity index (χ1v) is 14.7. The summed E-state index contributed by atoms with van der Waals surface area (Å²) in [6, 6.07) is 9.53. The molecule has 6 nitrogen and oxygen atoms in total. The van der Waals surface area contributed by atoms with E-state index in [9.17, 15) is 26.4 Å². The number of benzene rings is 2. The smallest absolute Gasteiger partial charge is 0.324 e. The van der Waals surface area contributed by atoms with E-state index >= 15 is 0 Å². The number of alkyl halides is 3. The Morgan fingerprint density at radius 2 is 1.97 bits per heavy atom. The summed E-state index contributed by atoms with van der Waals surface area (Å²) in [5.41, 5.74) is -0.0313. The summed E-state index contributed by atoms with van der Waals surface area (Å²) in [5, 5.41) is 8.47. The van der Waals surface area contributed by atoms with Crippen molar-refractivity contribution in [3.8, 4) is 0 Å². The minimum absolute atomic E-state index is 0.0855. The minimum atomic E-state index is -4.56. The van der Waals surface area contributed by atoms with Crippen LogP contribution >= 0.6 is 23.4 Å². The molecule has 1 unspecified atom stereocenters. The van der Waals surface area contributed by atoms with Gasteiger partial charge in [-0.2, -0.15) is 30.0 Å². The lowest BCUT2D eigenvalue weighted by atomic mass is 9.78. The van der Waals surface area contributed by atoms with Crippen LogP contribution in [0.3, 0.4) is 0 Å². The highest BCUT2D eigenvalue weighted by Crippen LogP contribution is 2.39. The summed E-state index contributed by atoms with van der Waals surface area (Å²) in [7, 11) is -3.43.